The smallest absolute Gasteiger partial charge is 0.160 e. The Morgan fingerprint density at radius 3 is 3.17 bits per heavy atom. The second-order valence-corrected chi connectivity index (χ2v) is 3.70. The van der Waals surface area contributed by atoms with Crippen LogP contribution in [-0.2, 0) is 6.54 Å². The Hall–Kier alpha value is -2.48. The second kappa shape index (κ2) is 4.41. The van der Waals surface area contributed by atoms with E-state index >= 15 is 0 Å². The lowest BCUT2D eigenvalue weighted by molar-refractivity contribution is 0.269. The highest BCUT2D eigenvalue weighted by Crippen LogP contribution is 2.20. The van der Waals surface area contributed by atoms with E-state index in [2.05, 4.69) is 30.6 Å². The van der Waals surface area contributed by atoms with Crippen molar-refractivity contribution < 1.29 is 5.11 Å². The molecule has 0 spiro atoms. The quantitative estimate of drug-likeness (QED) is 0.610. The Labute approximate surface area is 102 Å². The van der Waals surface area contributed by atoms with E-state index in [0.29, 0.717) is 18.0 Å². The molecule has 92 valence electrons. The van der Waals surface area contributed by atoms with Crippen molar-refractivity contribution in [1.82, 2.24) is 29.9 Å². The van der Waals surface area contributed by atoms with Gasteiger partial charge in [0.15, 0.2) is 5.65 Å². The number of nitrogens with zero attached hydrogens (tertiary/aromatic N) is 5. The third-order valence-corrected chi connectivity index (χ3v) is 2.47. The van der Waals surface area contributed by atoms with Crippen LogP contribution in [0.1, 0.15) is 0 Å². The molecule has 0 unspecified atom stereocenters. The van der Waals surface area contributed by atoms with Gasteiger partial charge < -0.3 is 10.4 Å². The first kappa shape index (κ1) is 10.7. The number of rotatable bonds is 4. The number of nitrogens with one attached hydrogen (secondary N) is 2. The van der Waals surface area contributed by atoms with Gasteiger partial charge in [-0.2, -0.15) is 10.2 Å². The van der Waals surface area contributed by atoms with Gasteiger partial charge in [-0.05, 0) is 0 Å². The van der Waals surface area contributed by atoms with Crippen LogP contribution in [0.15, 0.2) is 24.9 Å². The van der Waals surface area contributed by atoms with Gasteiger partial charge in [0.25, 0.3) is 0 Å². The molecule has 0 saturated heterocycles. The van der Waals surface area contributed by atoms with E-state index in [9.17, 15) is 0 Å². The molecular formula is C10H11N7O. The van der Waals surface area contributed by atoms with Crippen LogP contribution in [0.25, 0.3) is 11.0 Å². The molecule has 0 aliphatic carbocycles. The topological polar surface area (TPSA) is 105 Å². The molecule has 0 aliphatic rings. The van der Waals surface area contributed by atoms with Crippen LogP contribution in [0, 0.1) is 0 Å². The van der Waals surface area contributed by atoms with Gasteiger partial charge in [0, 0.05) is 6.20 Å². The van der Waals surface area contributed by atoms with Gasteiger partial charge in [0.2, 0.25) is 0 Å². The molecule has 0 fully saturated rings. The molecule has 0 radical (unpaired) electrons. The fourth-order valence-electron chi connectivity index (χ4n) is 1.65. The maximum atomic E-state index is 8.82. The predicted molar refractivity (Wildman–Crippen MR) is 64.3 cm³/mol. The summed E-state index contributed by atoms with van der Waals surface area (Å²) in [6.45, 7) is 0.521. The Bertz CT molecular complexity index is 659. The maximum Gasteiger partial charge on any atom is 0.160 e. The third-order valence-electron chi connectivity index (χ3n) is 2.47. The number of hydrogen-bond acceptors (Lipinski definition) is 6. The van der Waals surface area contributed by atoms with Gasteiger partial charge in [-0.15, -0.1) is 0 Å². The highest BCUT2D eigenvalue weighted by molar-refractivity contribution is 5.87. The molecule has 0 bridgehead atoms. The van der Waals surface area contributed by atoms with Gasteiger partial charge in [-0.1, -0.05) is 0 Å². The zero-order chi connectivity index (χ0) is 12.4. The van der Waals surface area contributed by atoms with Gasteiger partial charge in [-0.3, -0.25) is 9.78 Å². The van der Waals surface area contributed by atoms with E-state index in [0.717, 1.165) is 11.1 Å². The summed E-state index contributed by atoms with van der Waals surface area (Å²) in [6, 6.07) is 0. The van der Waals surface area contributed by atoms with Crippen molar-refractivity contribution in [3.63, 3.8) is 0 Å². The minimum Gasteiger partial charge on any atom is -0.394 e. The van der Waals surface area contributed by atoms with Crippen LogP contribution in [0.2, 0.25) is 0 Å². The lowest BCUT2D eigenvalue weighted by Crippen LogP contribution is -2.01. The number of aromatic nitrogens is 6. The zero-order valence-electron chi connectivity index (χ0n) is 9.41. The largest absolute Gasteiger partial charge is 0.394 e. The van der Waals surface area contributed by atoms with Crippen LogP contribution in [-0.4, -0.2) is 41.7 Å². The molecule has 3 aromatic rings. The summed E-state index contributed by atoms with van der Waals surface area (Å²) in [5, 5.41) is 23.6. The first-order valence-corrected chi connectivity index (χ1v) is 5.41. The van der Waals surface area contributed by atoms with Gasteiger partial charge >= 0.3 is 0 Å². The Morgan fingerprint density at radius 2 is 2.28 bits per heavy atom. The van der Waals surface area contributed by atoms with Gasteiger partial charge in [0.1, 0.15) is 12.1 Å². The lowest BCUT2D eigenvalue weighted by Gasteiger charge is -2.02. The zero-order valence-corrected chi connectivity index (χ0v) is 9.41. The molecule has 3 N–H and O–H groups in total. The Balaban J connectivity index is 1.88. The van der Waals surface area contributed by atoms with Crippen LogP contribution in [0.3, 0.4) is 0 Å². The van der Waals surface area contributed by atoms with Crippen LogP contribution in [0.4, 0.5) is 11.5 Å². The van der Waals surface area contributed by atoms with Crippen molar-refractivity contribution in [2.45, 2.75) is 6.54 Å². The molecule has 18 heavy (non-hydrogen) atoms. The molecule has 0 saturated carbocycles. The molecular weight excluding hydrogens is 234 g/mol. The number of fused-ring (bicyclic) bond motifs is 1. The number of hydrogen-bond donors (Lipinski definition) is 3. The standard InChI is InChI=1S/C10H11N7O/c18-2-1-17-5-7(3-14-17)15-9-8-4-13-16-10(8)12-6-11-9/h3-6,18H,1-2H2,(H2,11,12,13,15,16). The summed E-state index contributed by atoms with van der Waals surface area (Å²) in [7, 11) is 0. The summed E-state index contributed by atoms with van der Waals surface area (Å²) in [5.74, 6) is 0.664. The first-order valence-electron chi connectivity index (χ1n) is 5.41. The van der Waals surface area contributed by atoms with Gasteiger partial charge in [-0.25, -0.2) is 9.97 Å². The van der Waals surface area contributed by atoms with Crippen molar-refractivity contribution in [3.05, 3.63) is 24.9 Å². The summed E-state index contributed by atoms with van der Waals surface area (Å²) < 4.78 is 1.65. The minimum atomic E-state index is 0.0562. The molecule has 8 nitrogen and oxygen atoms in total. The van der Waals surface area contributed by atoms with E-state index in [1.54, 1.807) is 23.3 Å². The van der Waals surface area contributed by atoms with Crippen molar-refractivity contribution in [1.29, 1.82) is 0 Å². The molecule has 0 aromatic carbocycles. The van der Waals surface area contributed by atoms with Crippen molar-refractivity contribution in [2.24, 2.45) is 0 Å². The Morgan fingerprint density at radius 1 is 1.33 bits per heavy atom. The van der Waals surface area contributed by atoms with Crippen molar-refractivity contribution in [2.75, 3.05) is 11.9 Å². The second-order valence-electron chi connectivity index (χ2n) is 3.70. The van der Waals surface area contributed by atoms with E-state index in [-0.39, 0.29) is 6.61 Å². The van der Waals surface area contributed by atoms with Crippen molar-refractivity contribution >= 4 is 22.5 Å². The molecule has 3 aromatic heterocycles. The number of aliphatic hydroxyl groups excluding tert-OH is 1. The maximum absolute atomic E-state index is 8.82. The van der Waals surface area contributed by atoms with E-state index in [4.69, 9.17) is 5.11 Å². The summed E-state index contributed by atoms with van der Waals surface area (Å²) in [6.07, 6.45) is 6.59. The molecule has 3 rings (SSSR count). The summed E-state index contributed by atoms with van der Waals surface area (Å²) >= 11 is 0. The summed E-state index contributed by atoms with van der Waals surface area (Å²) in [5.41, 5.74) is 1.47. The average molecular weight is 245 g/mol. The number of anilines is 2. The Kier molecular flexibility index (Phi) is 2.61. The number of H-pyrrole nitrogens is 1. The highest BCUT2D eigenvalue weighted by atomic mass is 16.3. The van der Waals surface area contributed by atoms with E-state index in [1.807, 2.05) is 0 Å². The monoisotopic (exact) mass is 245 g/mol. The number of aliphatic hydroxyl groups is 1. The fraction of sp³-hybridized carbons (Fsp3) is 0.200. The average Bonchev–Trinajstić information content (AvgIpc) is 2.99. The normalized spacial score (nSPS) is 10.9. The third kappa shape index (κ3) is 1.89. The molecule has 0 atom stereocenters. The summed E-state index contributed by atoms with van der Waals surface area (Å²) in [4.78, 5) is 8.22. The molecule has 0 amide bonds. The highest BCUT2D eigenvalue weighted by Gasteiger charge is 2.06. The fourth-order valence-corrected chi connectivity index (χ4v) is 1.65. The van der Waals surface area contributed by atoms with E-state index in [1.165, 1.54) is 6.33 Å². The first-order chi connectivity index (χ1) is 8.86. The molecule has 0 aliphatic heterocycles. The molecule has 8 heteroatoms. The van der Waals surface area contributed by atoms with E-state index < -0.39 is 0 Å². The number of aromatic amines is 1. The van der Waals surface area contributed by atoms with Gasteiger partial charge in [0.05, 0.1) is 36.6 Å². The minimum absolute atomic E-state index is 0.0562. The predicted octanol–water partition coefficient (Wildman–Crippen LogP) is 0.285. The lowest BCUT2D eigenvalue weighted by atomic mass is 10.4. The SMILES string of the molecule is OCCn1cc(Nc2ncnc3[nH]ncc23)cn1. The van der Waals surface area contributed by atoms with Crippen LogP contribution in [0.5, 0.6) is 0 Å². The van der Waals surface area contributed by atoms with Crippen LogP contribution < -0.4 is 5.32 Å². The molecule has 3 heterocycles. The van der Waals surface area contributed by atoms with Crippen molar-refractivity contribution in [3.8, 4) is 0 Å². The van der Waals surface area contributed by atoms with Crippen LogP contribution >= 0.6 is 0 Å².